The number of rotatable bonds is 6. The SMILES string of the molecule is C[C@H](c1ccc(C=O)cc1)[C@@H]1C[C@H](CCCO)[C@H]2CN21. The summed E-state index contributed by atoms with van der Waals surface area (Å²) >= 11 is 0. The molecule has 20 heavy (non-hydrogen) atoms. The van der Waals surface area contributed by atoms with E-state index >= 15 is 0 Å². The Balaban J connectivity index is 1.65. The van der Waals surface area contributed by atoms with Gasteiger partial charge in [0.25, 0.3) is 0 Å². The van der Waals surface area contributed by atoms with Gasteiger partial charge in [0.2, 0.25) is 0 Å². The van der Waals surface area contributed by atoms with Crippen molar-refractivity contribution in [3.05, 3.63) is 35.4 Å². The number of aliphatic hydroxyl groups is 1. The number of carbonyl (C=O) groups excluding carboxylic acids is 1. The molecule has 0 aliphatic carbocycles. The van der Waals surface area contributed by atoms with Crippen molar-refractivity contribution in [1.29, 1.82) is 0 Å². The van der Waals surface area contributed by atoms with Crippen LogP contribution in [-0.2, 0) is 0 Å². The van der Waals surface area contributed by atoms with E-state index in [9.17, 15) is 4.79 Å². The molecule has 2 saturated heterocycles. The van der Waals surface area contributed by atoms with Crippen molar-refractivity contribution in [3.8, 4) is 0 Å². The summed E-state index contributed by atoms with van der Waals surface area (Å²) in [6, 6.07) is 9.41. The number of aliphatic hydroxyl groups excluding tert-OH is 1. The molecule has 0 amide bonds. The lowest BCUT2D eigenvalue weighted by atomic mass is 9.86. The monoisotopic (exact) mass is 273 g/mol. The predicted octanol–water partition coefficient (Wildman–Crippen LogP) is 2.45. The maximum atomic E-state index is 10.7. The topological polar surface area (TPSA) is 40.3 Å². The maximum absolute atomic E-state index is 10.7. The van der Waals surface area contributed by atoms with E-state index < -0.39 is 0 Å². The van der Waals surface area contributed by atoms with Crippen molar-refractivity contribution in [1.82, 2.24) is 4.90 Å². The van der Waals surface area contributed by atoms with Gasteiger partial charge in [-0.3, -0.25) is 9.69 Å². The molecule has 2 aliphatic heterocycles. The van der Waals surface area contributed by atoms with Crippen LogP contribution in [0.5, 0.6) is 0 Å². The van der Waals surface area contributed by atoms with Gasteiger partial charge < -0.3 is 5.11 Å². The van der Waals surface area contributed by atoms with Crippen LogP contribution in [0.3, 0.4) is 0 Å². The van der Waals surface area contributed by atoms with Crippen LogP contribution in [-0.4, -0.2) is 41.5 Å². The quantitative estimate of drug-likeness (QED) is 0.639. The average Bonchev–Trinajstić information content (AvgIpc) is 3.20. The Morgan fingerprint density at radius 3 is 2.80 bits per heavy atom. The van der Waals surface area contributed by atoms with Gasteiger partial charge in [0.1, 0.15) is 6.29 Å². The van der Waals surface area contributed by atoms with Gasteiger partial charge in [0.05, 0.1) is 0 Å². The summed E-state index contributed by atoms with van der Waals surface area (Å²) in [5.74, 6) is 1.28. The fourth-order valence-corrected chi connectivity index (χ4v) is 3.83. The molecule has 2 heterocycles. The van der Waals surface area contributed by atoms with E-state index in [2.05, 4.69) is 24.0 Å². The number of nitrogens with zero attached hydrogens (tertiary/aromatic N) is 1. The van der Waals surface area contributed by atoms with Crippen LogP contribution >= 0.6 is 0 Å². The van der Waals surface area contributed by atoms with Gasteiger partial charge in [-0.1, -0.05) is 31.2 Å². The average molecular weight is 273 g/mol. The number of aldehydes is 1. The summed E-state index contributed by atoms with van der Waals surface area (Å²) in [7, 11) is 0. The maximum Gasteiger partial charge on any atom is 0.150 e. The highest BCUT2D eigenvalue weighted by Gasteiger charge is 2.52. The Kier molecular flexibility index (Phi) is 3.90. The first kappa shape index (κ1) is 13.8. The summed E-state index contributed by atoms with van der Waals surface area (Å²) in [5, 5.41) is 8.99. The first-order valence-corrected chi connectivity index (χ1v) is 7.66. The van der Waals surface area contributed by atoms with Gasteiger partial charge in [0.15, 0.2) is 0 Å². The zero-order valence-corrected chi connectivity index (χ0v) is 12.0. The van der Waals surface area contributed by atoms with Gasteiger partial charge >= 0.3 is 0 Å². The minimum atomic E-state index is 0.316. The normalized spacial score (nSPS) is 32.7. The summed E-state index contributed by atoms with van der Waals surface area (Å²) in [6.07, 6.45) is 4.24. The van der Waals surface area contributed by atoms with Gasteiger partial charge in [-0.25, -0.2) is 0 Å². The van der Waals surface area contributed by atoms with E-state index in [1.807, 2.05) is 12.1 Å². The van der Waals surface area contributed by atoms with Crippen LogP contribution < -0.4 is 0 Å². The standard InChI is InChI=1S/C17H23NO2/c1-12(14-6-4-13(11-20)5-7-14)16-9-15(3-2-8-19)17-10-18(16)17/h4-7,11-12,15-17,19H,2-3,8-10H2,1H3/t12-,15+,16+,17-,18?/m1/s1. The smallest absolute Gasteiger partial charge is 0.150 e. The molecule has 0 aromatic heterocycles. The van der Waals surface area contributed by atoms with Crippen molar-refractivity contribution in [2.75, 3.05) is 13.2 Å². The fraction of sp³-hybridized carbons (Fsp3) is 0.588. The Hall–Kier alpha value is -1.19. The van der Waals surface area contributed by atoms with Crippen molar-refractivity contribution < 1.29 is 9.90 Å². The first-order valence-electron chi connectivity index (χ1n) is 7.66. The molecule has 0 radical (unpaired) electrons. The van der Waals surface area contributed by atoms with E-state index in [1.54, 1.807) is 0 Å². The molecule has 108 valence electrons. The zero-order chi connectivity index (χ0) is 14.1. The van der Waals surface area contributed by atoms with Crippen LogP contribution in [0.25, 0.3) is 0 Å². The van der Waals surface area contributed by atoms with Crippen LogP contribution in [0.15, 0.2) is 24.3 Å². The molecular weight excluding hydrogens is 250 g/mol. The minimum Gasteiger partial charge on any atom is -0.396 e. The Morgan fingerprint density at radius 2 is 2.15 bits per heavy atom. The molecule has 0 saturated carbocycles. The molecule has 0 spiro atoms. The largest absolute Gasteiger partial charge is 0.396 e. The van der Waals surface area contributed by atoms with Crippen LogP contribution in [0, 0.1) is 5.92 Å². The third kappa shape index (κ3) is 2.52. The third-order valence-corrected chi connectivity index (χ3v) is 5.11. The number of carbonyl (C=O) groups is 1. The highest BCUT2D eigenvalue weighted by Crippen LogP contribution is 2.47. The lowest BCUT2D eigenvalue weighted by Crippen LogP contribution is -2.23. The fourth-order valence-electron chi connectivity index (χ4n) is 3.83. The number of hydrogen-bond donors (Lipinski definition) is 1. The second-order valence-electron chi connectivity index (χ2n) is 6.27. The highest BCUT2D eigenvalue weighted by molar-refractivity contribution is 5.74. The summed E-state index contributed by atoms with van der Waals surface area (Å²) in [6.45, 7) is 3.85. The number of hydrogen-bond acceptors (Lipinski definition) is 3. The molecule has 1 unspecified atom stereocenters. The molecule has 3 rings (SSSR count). The molecule has 3 nitrogen and oxygen atoms in total. The van der Waals surface area contributed by atoms with Crippen molar-refractivity contribution in [2.45, 2.75) is 44.2 Å². The first-order chi connectivity index (χ1) is 9.74. The van der Waals surface area contributed by atoms with E-state index in [4.69, 9.17) is 5.11 Å². The van der Waals surface area contributed by atoms with Crippen molar-refractivity contribution >= 4 is 6.29 Å². The summed E-state index contributed by atoms with van der Waals surface area (Å²) < 4.78 is 0. The minimum absolute atomic E-state index is 0.316. The lowest BCUT2D eigenvalue weighted by Gasteiger charge is -2.23. The Morgan fingerprint density at radius 1 is 1.40 bits per heavy atom. The van der Waals surface area contributed by atoms with E-state index in [-0.39, 0.29) is 0 Å². The van der Waals surface area contributed by atoms with E-state index in [0.29, 0.717) is 18.6 Å². The predicted molar refractivity (Wildman–Crippen MR) is 79.0 cm³/mol. The second-order valence-corrected chi connectivity index (χ2v) is 6.27. The molecule has 2 aliphatic rings. The van der Waals surface area contributed by atoms with Gasteiger partial charge in [0, 0.05) is 30.8 Å². The van der Waals surface area contributed by atoms with Gasteiger partial charge in [-0.05, 0) is 36.7 Å². The second kappa shape index (κ2) is 5.66. The molecule has 1 aromatic carbocycles. The number of piperidine rings is 1. The Labute approximate surface area is 120 Å². The van der Waals surface area contributed by atoms with Crippen molar-refractivity contribution in [3.63, 3.8) is 0 Å². The van der Waals surface area contributed by atoms with Crippen LogP contribution in [0.2, 0.25) is 0 Å². The number of benzene rings is 1. The molecule has 3 heteroatoms. The molecular formula is C17H23NO2. The van der Waals surface area contributed by atoms with E-state index in [1.165, 1.54) is 18.5 Å². The number of fused-ring (bicyclic) bond motifs is 1. The van der Waals surface area contributed by atoms with Crippen molar-refractivity contribution in [2.24, 2.45) is 5.92 Å². The Bertz CT molecular complexity index is 470. The molecule has 1 aromatic rings. The third-order valence-electron chi connectivity index (χ3n) is 5.11. The van der Waals surface area contributed by atoms with Crippen LogP contribution in [0.4, 0.5) is 0 Å². The zero-order valence-electron chi connectivity index (χ0n) is 12.0. The summed E-state index contributed by atoms with van der Waals surface area (Å²) in [4.78, 5) is 13.3. The lowest BCUT2D eigenvalue weighted by molar-refractivity contribution is 0.112. The molecule has 5 atom stereocenters. The summed E-state index contributed by atoms with van der Waals surface area (Å²) in [5.41, 5.74) is 2.08. The van der Waals surface area contributed by atoms with E-state index in [0.717, 1.165) is 36.7 Å². The highest BCUT2D eigenvalue weighted by atomic mass is 16.2. The van der Waals surface area contributed by atoms with Crippen LogP contribution in [0.1, 0.15) is 48.0 Å². The van der Waals surface area contributed by atoms with Gasteiger partial charge in [-0.15, -0.1) is 0 Å². The van der Waals surface area contributed by atoms with Gasteiger partial charge in [-0.2, -0.15) is 0 Å². The molecule has 0 bridgehead atoms. The molecule has 1 N–H and O–H groups in total. The molecule has 2 fully saturated rings.